The molecule has 1 N–H and O–H groups in total. The lowest BCUT2D eigenvalue weighted by Crippen LogP contribution is -2.18. The Morgan fingerprint density at radius 3 is 2.69 bits per heavy atom. The molecule has 0 radical (unpaired) electrons. The fraction of sp³-hybridized carbons (Fsp3) is 0.261. The predicted octanol–water partition coefficient (Wildman–Crippen LogP) is 4.75. The first-order chi connectivity index (χ1) is 14.1. The van der Waals surface area contributed by atoms with E-state index in [2.05, 4.69) is 33.4 Å². The third kappa shape index (κ3) is 4.36. The second-order valence-electron chi connectivity index (χ2n) is 7.18. The number of aromatic nitrogens is 1. The number of benzene rings is 2. The number of amides is 1. The predicted molar refractivity (Wildman–Crippen MR) is 118 cm³/mol. The van der Waals surface area contributed by atoms with Crippen LogP contribution in [0.3, 0.4) is 0 Å². The van der Waals surface area contributed by atoms with Gasteiger partial charge in [-0.15, -0.1) is 0 Å². The molecule has 2 heterocycles. The number of para-hydroxylation sites is 1. The summed E-state index contributed by atoms with van der Waals surface area (Å²) in [5.74, 6) is 0.0898. The van der Waals surface area contributed by atoms with Gasteiger partial charge in [-0.2, -0.15) is 5.26 Å². The number of carbonyl (C=O) groups excluding carboxylic acids is 1. The Bertz CT molecular complexity index is 1080. The minimum Gasteiger partial charge on any atom is -0.372 e. The van der Waals surface area contributed by atoms with E-state index in [4.69, 9.17) is 0 Å². The van der Waals surface area contributed by atoms with Gasteiger partial charge < -0.3 is 10.2 Å². The highest BCUT2D eigenvalue weighted by Crippen LogP contribution is 2.27. The Hall–Kier alpha value is -3.04. The van der Waals surface area contributed by atoms with Crippen LogP contribution in [-0.4, -0.2) is 29.7 Å². The molecule has 4 rings (SSSR count). The third-order valence-electron chi connectivity index (χ3n) is 5.10. The molecular formula is C23H22N4OS. The van der Waals surface area contributed by atoms with Gasteiger partial charge in [0.2, 0.25) is 5.91 Å². The maximum Gasteiger partial charge on any atom is 0.234 e. The average molecular weight is 403 g/mol. The molecule has 1 amide bonds. The zero-order valence-corrected chi connectivity index (χ0v) is 17.1. The zero-order valence-electron chi connectivity index (χ0n) is 16.3. The topological polar surface area (TPSA) is 69.0 Å². The van der Waals surface area contributed by atoms with E-state index in [1.54, 1.807) is 0 Å². The maximum absolute atomic E-state index is 12.4. The van der Waals surface area contributed by atoms with Crippen molar-refractivity contribution in [3.05, 3.63) is 59.7 Å². The van der Waals surface area contributed by atoms with Gasteiger partial charge in [0.25, 0.3) is 0 Å². The van der Waals surface area contributed by atoms with Crippen LogP contribution in [-0.2, 0) is 4.79 Å². The van der Waals surface area contributed by atoms with Crippen LogP contribution >= 0.6 is 11.8 Å². The molecule has 1 aliphatic heterocycles. The first-order valence-corrected chi connectivity index (χ1v) is 10.7. The molecule has 2 aromatic carbocycles. The van der Waals surface area contributed by atoms with Gasteiger partial charge in [0.1, 0.15) is 11.1 Å². The molecule has 0 spiro atoms. The van der Waals surface area contributed by atoms with E-state index in [0.29, 0.717) is 10.6 Å². The van der Waals surface area contributed by atoms with Crippen LogP contribution in [0.15, 0.2) is 53.6 Å². The number of hydrogen-bond donors (Lipinski definition) is 1. The minimum absolute atomic E-state index is 0.112. The summed E-state index contributed by atoms with van der Waals surface area (Å²) in [5.41, 5.74) is 4.39. The van der Waals surface area contributed by atoms with Crippen molar-refractivity contribution in [2.75, 3.05) is 29.1 Å². The molecule has 1 aliphatic rings. The summed E-state index contributed by atoms with van der Waals surface area (Å²) in [6, 6.07) is 17.9. The SMILES string of the molecule is Cc1cccc2cc(C#N)c(SCC(=O)Nc3ccc(N4CCCC4)cc3)nc12. The molecule has 0 bridgehead atoms. The lowest BCUT2D eigenvalue weighted by Gasteiger charge is -2.17. The highest BCUT2D eigenvalue weighted by Gasteiger charge is 2.13. The number of nitrogens with zero attached hydrogens (tertiary/aromatic N) is 3. The quantitative estimate of drug-likeness (QED) is 0.624. The average Bonchev–Trinajstić information content (AvgIpc) is 3.27. The summed E-state index contributed by atoms with van der Waals surface area (Å²) >= 11 is 1.29. The second-order valence-corrected chi connectivity index (χ2v) is 8.14. The lowest BCUT2D eigenvalue weighted by atomic mass is 10.1. The Morgan fingerprint density at radius 2 is 1.97 bits per heavy atom. The number of nitrogens with one attached hydrogen (secondary N) is 1. The molecule has 0 unspecified atom stereocenters. The molecule has 0 aliphatic carbocycles. The summed E-state index contributed by atoms with van der Waals surface area (Å²) in [4.78, 5) is 19.4. The molecule has 146 valence electrons. The molecule has 1 fully saturated rings. The molecule has 3 aromatic rings. The number of pyridine rings is 1. The van der Waals surface area contributed by atoms with Crippen molar-refractivity contribution in [1.29, 1.82) is 5.26 Å². The first-order valence-electron chi connectivity index (χ1n) is 9.72. The lowest BCUT2D eigenvalue weighted by molar-refractivity contribution is -0.113. The number of aryl methyl sites for hydroxylation is 1. The van der Waals surface area contributed by atoms with Crippen LogP contribution in [0.1, 0.15) is 24.0 Å². The number of carbonyl (C=O) groups is 1. The van der Waals surface area contributed by atoms with Crippen LogP contribution in [0.25, 0.3) is 10.9 Å². The van der Waals surface area contributed by atoms with Crippen LogP contribution in [0.5, 0.6) is 0 Å². The molecule has 1 saturated heterocycles. The van der Waals surface area contributed by atoms with Crippen LogP contribution in [0.2, 0.25) is 0 Å². The number of anilines is 2. The smallest absolute Gasteiger partial charge is 0.234 e. The van der Waals surface area contributed by atoms with Crippen molar-refractivity contribution < 1.29 is 4.79 Å². The van der Waals surface area contributed by atoms with E-state index in [-0.39, 0.29) is 11.7 Å². The summed E-state index contributed by atoms with van der Waals surface area (Å²) in [7, 11) is 0. The van der Waals surface area contributed by atoms with Crippen molar-refractivity contribution in [2.24, 2.45) is 0 Å². The van der Waals surface area contributed by atoms with E-state index >= 15 is 0 Å². The van der Waals surface area contributed by atoms with Gasteiger partial charge >= 0.3 is 0 Å². The van der Waals surface area contributed by atoms with E-state index in [1.807, 2.05) is 43.3 Å². The van der Waals surface area contributed by atoms with Gasteiger partial charge in [-0.25, -0.2) is 4.98 Å². The summed E-state index contributed by atoms with van der Waals surface area (Å²) in [6.45, 7) is 4.19. The van der Waals surface area contributed by atoms with E-state index in [1.165, 1.54) is 30.3 Å². The molecule has 29 heavy (non-hydrogen) atoms. The van der Waals surface area contributed by atoms with Gasteiger partial charge in [-0.3, -0.25) is 4.79 Å². The van der Waals surface area contributed by atoms with Crippen molar-refractivity contribution >= 4 is 39.9 Å². The number of rotatable bonds is 5. The van der Waals surface area contributed by atoms with E-state index < -0.39 is 0 Å². The van der Waals surface area contributed by atoms with E-state index in [0.717, 1.165) is 35.2 Å². The van der Waals surface area contributed by atoms with Gasteiger partial charge in [0, 0.05) is 29.9 Å². The van der Waals surface area contributed by atoms with Crippen LogP contribution in [0.4, 0.5) is 11.4 Å². The van der Waals surface area contributed by atoms with Crippen molar-refractivity contribution in [3.8, 4) is 6.07 Å². The Kier molecular flexibility index (Phi) is 5.68. The Morgan fingerprint density at radius 1 is 1.21 bits per heavy atom. The molecule has 6 heteroatoms. The van der Waals surface area contributed by atoms with E-state index in [9.17, 15) is 10.1 Å². The molecule has 1 aromatic heterocycles. The van der Waals surface area contributed by atoms with Crippen LogP contribution < -0.4 is 10.2 Å². The maximum atomic E-state index is 12.4. The summed E-state index contributed by atoms with van der Waals surface area (Å²) < 4.78 is 0. The fourth-order valence-electron chi connectivity index (χ4n) is 3.58. The minimum atomic E-state index is -0.112. The summed E-state index contributed by atoms with van der Waals surface area (Å²) in [5, 5.41) is 13.9. The highest BCUT2D eigenvalue weighted by molar-refractivity contribution is 8.00. The number of fused-ring (bicyclic) bond motifs is 1. The third-order valence-corrected chi connectivity index (χ3v) is 6.09. The van der Waals surface area contributed by atoms with Crippen molar-refractivity contribution in [1.82, 2.24) is 4.98 Å². The Balaban J connectivity index is 1.41. The number of nitriles is 1. The largest absolute Gasteiger partial charge is 0.372 e. The molecular weight excluding hydrogens is 380 g/mol. The Labute approximate surface area is 174 Å². The number of hydrogen-bond acceptors (Lipinski definition) is 5. The van der Waals surface area contributed by atoms with Gasteiger partial charge in [0.15, 0.2) is 0 Å². The normalized spacial score (nSPS) is 13.4. The highest BCUT2D eigenvalue weighted by atomic mass is 32.2. The fourth-order valence-corrected chi connectivity index (χ4v) is 4.34. The molecule has 5 nitrogen and oxygen atoms in total. The molecule has 0 atom stereocenters. The number of thioether (sulfide) groups is 1. The standard InChI is InChI=1S/C23H22N4OS/c1-16-5-4-6-17-13-18(14-24)23(26-22(16)17)29-15-21(28)25-19-7-9-20(10-8-19)27-11-2-3-12-27/h4-10,13H,2-3,11-12,15H2,1H3,(H,25,28). The first kappa shape index (κ1) is 19.3. The van der Waals surface area contributed by atoms with Crippen molar-refractivity contribution in [2.45, 2.75) is 24.8 Å². The van der Waals surface area contributed by atoms with Gasteiger partial charge in [-0.1, -0.05) is 30.0 Å². The van der Waals surface area contributed by atoms with Gasteiger partial charge in [0.05, 0.1) is 16.8 Å². The zero-order chi connectivity index (χ0) is 20.2. The molecule has 0 saturated carbocycles. The van der Waals surface area contributed by atoms with Crippen LogP contribution in [0, 0.1) is 18.3 Å². The van der Waals surface area contributed by atoms with Gasteiger partial charge in [-0.05, 0) is 55.7 Å². The summed E-state index contributed by atoms with van der Waals surface area (Å²) in [6.07, 6.45) is 2.48. The van der Waals surface area contributed by atoms with Crippen molar-refractivity contribution in [3.63, 3.8) is 0 Å². The monoisotopic (exact) mass is 402 g/mol. The second kappa shape index (κ2) is 8.54.